The van der Waals surface area contributed by atoms with Gasteiger partial charge < -0.3 is 13.9 Å². The Morgan fingerprint density at radius 2 is 1.30 bits per heavy atom. The summed E-state index contributed by atoms with van der Waals surface area (Å²) in [5.41, 5.74) is 6.39. The Bertz CT molecular complexity index is 3990. The molecule has 0 saturated carbocycles. The molecule has 3 aromatic heterocycles. The zero-order chi connectivity index (χ0) is 52.8. The molecule has 0 spiro atoms. The van der Waals surface area contributed by atoms with Gasteiger partial charge in [0.25, 0.3) is 6.33 Å². The number of hydrogen-bond acceptors (Lipinski definition) is 2. The minimum absolute atomic E-state index is 0. The minimum atomic E-state index is -0.578. The molecule has 11 aromatic rings. The first-order valence-electron chi connectivity index (χ1n) is 26.4. The predicted octanol–water partition coefficient (Wildman–Crippen LogP) is 14.7. The first-order chi connectivity index (χ1) is 35.9. The Morgan fingerprint density at radius 1 is 0.621 bits per heavy atom. The largest absolute Gasteiger partial charge is 0.510 e. The summed E-state index contributed by atoms with van der Waals surface area (Å²) in [4.78, 5) is 4.86. The summed E-state index contributed by atoms with van der Waals surface area (Å²) in [6, 6.07) is 43.7. The molecule has 0 saturated heterocycles. The summed E-state index contributed by atoms with van der Waals surface area (Å²) < 4.78 is 100. The van der Waals surface area contributed by atoms with Crippen LogP contribution in [0.15, 0.2) is 200 Å². The van der Waals surface area contributed by atoms with E-state index in [1.807, 2.05) is 91.1 Å². The molecule has 3 heterocycles. The molecule has 0 aliphatic rings. The number of pyridine rings is 1. The number of fused-ring (bicyclic) bond motifs is 4. The molecule has 11 rings (SSSR count). The van der Waals surface area contributed by atoms with E-state index in [9.17, 15) is 0 Å². The summed E-state index contributed by atoms with van der Waals surface area (Å²) in [6.45, 7) is 8.93. The van der Waals surface area contributed by atoms with Gasteiger partial charge in [0, 0.05) is 44.3 Å². The van der Waals surface area contributed by atoms with Gasteiger partial charge in [-0.05, 0) is 85.6 Å². The zero-order valence-electron chi connectivity index (χ0n) is 46.4. The molecule has 0 N–H and O–H groups in total. The van der Waals surface area contributed by atoms with Crippen LogP contribution in [0.1, 0.15) is 52.9 Å². The van der Waals surface area contributed by atoms with Crippen LogP contribution in [-0.2, 0) is 21.1 Å². The summed E-state index contributed by atoms with van der Waals surface area (Å²) in [6.07, 6.45) is 5.33. The number of ether oxygens (including phenoxy) is 1. The zero-order valence-corrected chi connectivity index (χ0v) is 38.6. The number of nitrogens with zero attached hydrogens (tertiary/aromatic N) is 4. The van der Waals surface area contributed by atoms with Crippen molar-refractivity contribution >= 4 is 32.8 Å². The van der Waals surface area contributed by atoms with Crippen LogP contribution in [0.5, 0.6) is 11.5 Å². The van der Waals surface area contributed by atoms with Crippen LogP contribution in [0.3, 0.4) is 0 Å². The molecule has 66 heavy (non-hydrogen) atoms. The van der Waals surface area contributed by atoms with Crippen molar-refractivity contribution in [1.82, 2.24) is 14.1 Å². The van der Waals surface area contributed by atoms with E-state index < -0.39 is 60.4 Å². The van der Waals surface area contributed by atoms with Crippen molar-refractivity contribution in [3.8, 4) is 62.1 Å². The fourth-order valence-electron chi connectivity index (χ4n) is 8.46. The van der Waals surface area contributed by atoms with E-state index in [0.717, 1.165) is 38.8 Å². The van der Waals surface area contributed by atoms with Gasteiger partial charge >= 0.3 is 0 Å². The van der Waals surface area contributed by atoms with Gasteiger partial charge in [-0.25, -0.2) is 4.98 Å². The van der Waals surface area contributed by atoms with E-state index in [1.54, 1.807) is 33.4 Å². The van der Waals surface area contributed by atoms with Crippen molar-refractivity contribution in [2.75, 3.05) is 0 Å². The molecule has 8 aromatic carbocycles. The number of imidazole rings is 1. The topological polar surface area (TPSA) is 35.9 Å². The Kier molecular flexibility index (Phi) is 8.61. The number of rotatable bonds is 9. The van der Waals surface area contributed by atoms with Gasteiger partial charge in [-0.15, -0.1) is 29.7 Å². The van der Waals surface area contributed by atoms with Crippen LogP contribution in [-0.4, -0.2) is 14.1 Å². The van der Waals surface area contributed by atoms with E-state index in [0.29, 0.717) is 28.2 Å². The first kappa shape index (κ1) is 32.3. The van der Waals surface area contributed by atoms with E-state index in [2.05, 4.69) is 75.0 Å². The van der Waals surface area contributed by atoms with Crippen molar-refractivity contribution < 1.29 is 44.1 Å². The van der Waals surface area contributed by atoms with Crippen LogP contribution in [0.25, 0.3) is 83.4 Å². The average molecular weight is 1040 g/mol. The molecule has 324 valence electrons. The second-order valence-corrected chi connectivity index (χ2v) is 17.0. The van der Waals surface area contributed by atoms with E-state index in [4.69, 9.17) is 23.4 Å². The van der Waals surface area contributed by atoms with E-state index >= 15 is 0 Å². The molecule has 0 amide bonds. The standard InChI is InChI=1S/C60H46N4O.Pt/c1-41(60(2,3)4)45-34-35-61-58(37-45)64-54-29-15-14-26-52(54)53-32-31-49(39-56(53)64)65-48-25-16-24-47(38-48)62-40-63(57-36-46(30-33-55(57)62)42-18-8-5-9-19-42)59-50(43-20-10-6-11-21-43)27-17-28-51(59)44-22-12-7-13-23-44;/h5-37,41H,1-4H3;/q-2;/i6D,7D,10D,11D,12D,13D,20D,21D,22D,23D;. The molecular weight excluding hydrogens is 988 g/mol. The van der Waals surface area contributed by atoms with Gasteiger partial charge in [-0.3, -0.25) is 4.57 Å². The summed E-state index contributed by atoms with van der Waals surface area (Å²) in [5, 5.41) is 2.02. The van der Waals surface area contributed by atoms with Crippen molar-refractivity contribution in [1.29, 1.82) is 0 Å². The Hall–Kier alpha value is -7.33. The Balaban J connectivity index is 0.00000657. The second-order valence-electron chi connectivity index (χ2n) is 17.0. The first-order valence-corrected chi connectivity index (χ1v) is 21.4. The van der Waals surface area contributed by atoms with Gasteiger partial charge in [0.15, 0.2) is 0 Å². The molecule has 6 heteroatoms. The monoisotopic (exact) mass is 1040 g/mol. The van der Waals surface area contributed by atoms with Gasteiger partial charge in [-0.1, -0.05) is 172 Å². The van der Waals surface area contributed by atoms with Crippen molar-refractivity contribution in [3.05, 3.63) is 224 Å². The third-order valence-electron chi connectivity index (χ3n) is 12.1. The Morgan fingerprint density at radius 3 is 2.03 bits per heavy atom. The normalized spacial score (nSPS) is 14.2. The van der Waals surface area contributed by atoms with Crippen molar-refractivity contribution in [2.24, 2.45) is 5.41 Å². The molecule has 0 aliphatic heterocycles. The van der Waals surface area contributed by atoms with Gasteiger partial charge in [-0.2, -0.15) is 18.2 Å². The van der Waals surface area contributed by atoms with E-state index in [1.165, 1.54) is 5.56 Å². The number of hydrogen-bond donors (Lipinski definition) is 0. The average Bonchev–Trinajstić information content (AvgIpc) is 4.06. The van der Waals surface area contributed by atoms with Crippen LogP contribution in [0.2, 0.25) is 0 Å². The SMILES string of the molecule is [2H]c1c([2H])c([2H])c(-c2cccc(-c3c([2H])c([2H])c([2H])c([2H])c3[2H])c2-[n+]2[c-]n(-c3[c-]c(Oc4[c-]c5c(cc4)c4ccccc4n5-c4cc(C(C)C(C)(C)C)ccn4)ccc3)c3ccc(-c4ccccc4)cc32)c([2H])c1[2H].[Pt]. The maximum atomic E-state index is 9.14. The summed E-state index contributed by atoms with van der Waals surface area (Å²) in [7, 11) is 0. The maximum Gasteiger partial charge on any atom is 0.268 e. The molecule has 1 unspecified atom stereocenters. The maximum absolute atomic E-state index is 9.14. The molecule has 5 nitrogen and oxygen atoms in total. The third kappa shape index (κ3) is 7.84. The summed E-state index contributed by atoms with van der Waals surface area (Å²) in [5.74, 6) is 1.80. The number of para-hydroxylation sites is 2. The quantitative estimate of drug-likeness (QED) is 0.107. The molecular formula is C60H46N4OPt-2. The van der Waals surface area contributed by atoms with Crippen molar-refractivity contribution in [2.45, 2.75) is 33.6 Å². The molecule has 0 bridgehead atoms. The van der Waals surface area contributed by atoms with Crippen LogP contribution in [0, 0.1) is 23.9 Å². The minimum Gasteiger partial charge on any atom is -0.510 e. The van der Waals surface area contributed by atoms with Gasteiger partial charge in [0.1, 0.15) is 5.82 Å². The molecule has 0 fully saturated rings. The molecule has 1 atom stereocenters. The van der Waals surface area contributed by atoms with Crippen molar-refractivity contribution in [3.63, 3.8) is 0 Å². The summed E-state index contributed by atoms with van der Waals surface area (Å²) >= 11 is 0. The fourth-order valence-corrected chi connectivity index (χ4v) is 8.46. The smallest absolute Gasteiger partial charge is 0.268 e. The van der Waals surface area contributed by atoms with Gasteiger partial charge in [0.05, 0.1) is 30.4 Å². The predicted molar refractivity (Wildman–Crippen MR) is 264 cm³/mol. The Labute approximate surface area is 414 Å². The molecule has 0 radical (unpaired) electrons. The van der Waals surface area contributed by atoms with Gasteiger partial charge in [0.2, 0.25) is 0 Å². The van der Waals surface area contributed by atoms with Crippen LogP contribution in [0.4, 0.5) is 0 Å². The number of benzene rings is 8. The number of aromatic nitrogens is 4. The molecule has 0 aliphatic carbocycles. The van der Waals surface area contributed by atoms with E-state index in [-0.39, 0.29) is 60.3 Å². The third-order valence-corrected chi connectivity index (χ3v) is 12.1. The van der Waals surface area contributed by atoms with Crippen LogP contribution < -0.4 is 9.30 Å². The fraction of sp³-hybridized carbons (Fsp3) is 0.100. The second kappa shape index (κ2) is 17.6. The van der Waals surface area contributed by atoms with Crippen LogP contribution >= 0.6 is 0 Å².